The molecule has 1 heterocycles. The molecule has 1 aromatic heterocycles. The smallest absolute Gasteiger partial charge is 0.269 e. The molecule has 0 radical (unpaired) electrons. The first-order chi connectivity index (χ1) is 10.5. The lowest BCUT2D eigenvalue weighted by molar-refractivity contribution is 0.0924. The van der Waals surface area contributed by atoms with Gasteiger partial charge < -0.3 is 10.6 Å². The van der Waals surface area contributed by atoms with E-state index in [-0.39, 0.29) is 11.8 Å². The third kappa shape index (κ3) is 3.72. The Kier molecular flexibility index (Phi) is 4.93. The van der Waals surface area contributed by atoms with Crippen molar-refractivity contribution in [3.8, 4) is 0 Å². The quantitative estimate of drug-likeness (QED) is 0.731. The fourth-order valence-electron chi connectivity index (χ4n) is 2.46. The molecule has 2 amide bonds. The first-order valence-corrected chi connectivity index (χ1v) is 7.12. The van der Waals surface area contributed by atoms with Crippen LogP contribution in [-0.4, -0.2) is 35.1 Å². The van der Waals surface area contributed by atoms with Crippen molar-refractivity contribution in [2.24, 2.45) is 0 Å². The summed E-state index contributed by atoms with van der Waals surface area (Å²) < 4.78 is 0. The van der Waals surface area contributed by atoms with E-state index in [1.165, 1.54) is 6.20 Å². The number of H-pyrrole nitrogens is 1. The SMILES string of the molecule is Cc1cc(C)c(C(=O)NCCNC(=O)c2ccn[nH]2)c(C)c1. The number of nitrogens with zero attached hydrogens (tertiary/aromatic N) is 1. The molecule has 0 atom stereocenters. The van der Waals surface area contributed by atoms with Gasteiger partial charge in [0.1, 0.15) is 5.69 Å². The maximum atomic E-state index is 12.2. The van der Waals surface area contributed by atoms with Gasteiger partial charge in [0.25, 0.3) is 11.8 Å². The molecule has 0 aliphatic heterocycles. The fourth-order valence-corrected chi connectivity index (χ4v) is 2.46. The molecule has 3 N–H and O–H groups in total. The molecule has 0 saturated carbocycles. The minimum Gasteiger partial charge on any atom is -0.350 e. The molecule has 6 heteroatoms. The lowest BCUT2D eigenvalue weighted by Gasteiger charge is -2.12. The Balaban J connectivity index is 1.85. The van der Waals surface area contributed by atoms with Gasteiger partial charge in [-0.3, -0.25) is 14.7 Å². The van der Waals surface area contributed by atoms with E-state index in [0.717, 1.165) is 16.7 Å². The van der Waals surface area contributed by atoms with Gasteiger partial charge in [-0.05, 0) is 38.0 Å². The van der Waals surface area contributed by atoms with Crippen molar-refractivity contribution in [1.82, 2.24) is 20.8 Å². The normalized spacial score (nSPS) is 10.3. The second-order valence-electron chi connectivity index (χ2n) is 5.26. The summed E-state index contributed by atoms with van der Waals surface area (Å²) in [7, 11) is 0. The van der Waals surface area contributed by atoms with E-state index in [1.54, 1.807) is 6.07 Å². The van der Waals surface area contributed by atoms with Gasteiger partial charge in [-0.25, -0.2) is 0 Å². The maximum Gasteiger partial charge on any atom is 0.269 e. The minimum absolute atomic E-state index is 0.120. The molecule has 0 spiro atoms. The summed E-state index contributed by atoms with van der Waals surface area (Å²) >= 11 is 0. The van der Waals surface area contributed by atoms with Gasteiger partial charge >= 0.3 is 0 Å². The van der Waals surface area contributed by atoms with E-state index in [4.69, 9.17) is 0 Å². The number of hydrogen-bond acceptors (Lipinski definition) is 3. The fraction of sp³-hybridized carbons (Fsp3) is 0.312. The summed E-state index contributed by atoms with van der Waals surface area (Å²) in [5, 5.41) is 11.8. The monoisotopic (exact) mass is 300 g/mol. The molecule has 0 saturated heterocycles. The number of amides is 2. The Bertz CT molecular complexity index is 654. The zero-order valence-corrected chi connectivity index (χ0v) is 13.0. The van der Waals surface area contributed by atoms with Crippen LogP contribution in [0, 0.1) is 20.8 Å². The molecule has 116 valence electrons. The van der Waals surface area contributed by atoms with E-state index in [9.17, 15) is 9.59 Å². The van der Waals surface area contributed by atoms with E-state index >= 15 is 0 Å². The van der Waals surface area contributed by atoms with Gasteiger partial charge in [-0.1, -0.05) is 17.7 Å². The number of hydrogen-bond donors (Lipinski definition) is 3. The van der Waals surface area contributed by atoms with Crippen LogP contribution in [-0.2, 0) is 0 Å². The van der Waals surface area contributed by atoms with E-state index in [1.807, 2.05) is 32.9 Å². The summed E-state index contributed by atoms with van der Waals surface area (Å²) in [4.78, 5) is 23.9. The van der Waals surface area contributed by atoms with Crippen LogP contribution in [0.5, 0.6) is 0 Å². The molecule has 0 unspecified atom stereocenters. The lowest BCUT2D eigenvalue weighted by atomic mass is 9.99. The Morgan fingerprint density at radius 1 is 1.05 bits per heavy atom. The average molecular weight is 300 g/mol. The van der Waals surface area contributed by atoms with Crippen molar-refractivity contribution in [1.29, 1.82) is 0 Å². The number of carbonyl (C=O) groups is 2. The van der Waals surface area contributed by atoms with E-state index in [0.29, 0.717) is 24.3 Å². The molecule has 2 aromatic rings. The summed E-state index contributed by atoms with van der Waals surface area (Å²) in [5.41, 5.74) is 4.15. The molecule has 0 aliphatic rings. The van der Waals surface area contributed by atoms with Crippen LogP contribution in [0.1, 0.15) is 37.5 Å². The number of nitrogens with one attached hydrogen (secondary N) is 3. The zero-order chi connectivity index (χ0) is 16.1. The first-order valence-electron chi connectivity index (χ1n) is 7.12. The third-order valence-electron chi connectivity index (χ3n) is 3.35. The Morgan fingerprint density at radius 3 is 2.18 bits per heavy atom. The second-order valence-corrected chi connectivity index (χ2v) is 5.26. The van der Waals surface area contributed by atoms with Gasteiger partial charge in [0.2, 0.25) is 0 Å². The predicted molar refractivity (Wildman–Crippen MR) is 83.9 cm³/mol. The molecular weight excluding hydrogens is 280 g/mol. The van der Waals surface area contributed by atoms with Gasteiger partial charge in [0.15, 0.2) is 0 Å². The molecule has 2 rings (SSSR count). The third-order valence-corrected chi connectivity index (χ3v) is 3.35. The summed E-state index contributed by atoms with van der Waals surface area (Å²) in [6, 6.07) is 5.57. The molecule has 6 nitrogen and oxygen atoms in total. The van der Waals surface area contributed by atoms with Gasteiger partial charge in [-0.15, -0.1) is 0 Å². The Morgan fingerprint density at radius 2 is 1.64 bits per heavy atom. The van der Waals surface area contributed by atoms with Crippen LogP contribution in [0.25, 0.3) is 0 Å². The highest BCUT2D eigenvalue weighted by Crippen LogP contribution is 2.15. The van der Waals surface area contributed by atoms with Crippen molar-refractivity contribution in [2.75, 3.05) is 13.1 Å². The molecule has 0 fully saturated rings. The number of carbonyl (C=O) groups excluding carboxylic acids is 2. The number of aryl methyl sites for hydroxylation is 3. The van der Waals surface area contributed by atoms with Crippen molar-refractivity contribution < 1.29 is 9.59 Å². The van der Waals surface area contributed by atoms with Crippen LogP contribution < -0.4 is 10.6 Å². The number of benzene rings is 1. The lowest BCUT2D eigenvalue weighted by Crippen LogP contribution is -2.35. The number of aromatic nitrogens is 2. The molecular formula is C16H20N4O2. The van der Waals surface area contributed by atoms with E-state index < -0.39 is 0 Å². The summed E-state index contributed by atoms with van der Waals surface area (Å²) in [6.07, 6.45) is 1.51. The average Bonchev–Trinajstić information content (AvgIpc) is 2.96. The van der Waals surface area contributed by atoms with Crippen LogP contribution >= 0.6 is 0 Å². The number of rotatable bonds is 5. The highest BCUT2D eigenvalue weighted by Gasteiger charge is 2.12. The summed E-state index contributed by atoms with van der Waals surface area (Å²) in [5.74, 6) is -0.361. The summed E-state index contributed by atoms with van der Waals surface area (Å²) in [6.45, 7) is 6.58. The number of aromatic amines is 1. The van der Waals surface area contributed by atoms with E-state index in [2.05, 4.69) is 20.8 Å². The van der Waals surface area contributed by atoms with Crippen LogP contribution in [0.15, 0.2) is 24.4 Å². The minimum atomic E-state index is -0.241. The van der Waals surface area contributed by atoms with Crippen molar-refractivity contribution >= 4 is 11.8 Å². The predicted octanol–water partition coefficient (Wildman–Crippen LogP) is 1.49. The Labute approximate surface area is 129 Å². The topological polar surface area (TPSA) is 86.9 Å². The van der Waals surface area contributed by atoms with Crippen LogP contribution in [0.4, 0.5) is 0 Å². The van der Waals surface area contributed by atoms with Gasteiger partial charge in [0.05, 0.1) is 0 Å². The first kappa shape index (κ1) is 15.8. The van der Waals surface area contributed by atoms with Crippen molar-refractivity contribution in [3.63, 3.8) is 0 Å². The standard InChI is InChI=1S/C16H20N4O2/c1-10-8-11(2)14(12(3)9-10)16(22)18-7-6-17-15(21)13-4-5-19-20-13/h4-5,8-9H,6-7H2,1-3H3,(H,17,21)(H,18,22)(H,19,20). The Hall–Kier alpha value is -2.63. The maximum absolute atomic E-state index is 12.2. The largest absolute Gasteiger partial charge is 0.350 e. The second kappa shape index (κ2) is 6.89. The molecule has 22 heavy (non-hydrogen) atoms. The highest BCUT2D eigenvalue weighted by atomic mass is 16.2. The van der Waals surface area contributed by atoms with Gasteiger partial charge in [-0.2, -0.15) is 5.10 Å². The van der Waals surface area contributed by atoms with Crippen LogP contribution in [0.2, 0.25) is 0 Å². The van der Waals surface area contributed by atoms with Crippen LogP contribution in [0.3, 0.4) is 0 Å². The zero-order valence-electron chi connectivity index (χ0n) is 13.0. The van der Waals surface area contributed by atoms with Crippen molar-refractivity contribution in [3.05, 3.63) is 52.3 Å². The molecule has 0 bridgehead atoms. The van der Waals surface area contributed by atoms with Gasteiger partial charge in [0, 0.05) is 24.8 Å². The highest BCUT2D eigenvalue weighted by molar-refractivity contribution is 5.97. The van der Waals surface area contributed by atoms with Crippen molar-refractivity contribution in [2.45, 2.75) is 20.8 Å². The molecule has 0 aliphatic carbocycles. The molecule has 1 aromatic carbocycles.